The molecule has 2 aliphatic rings. The molecule has 38 heavy (non-hydrogen) atoms. The van der Waals surface area contributed by atoms with E-state index in [1.165, 1.54) is 0 Å². The minimum atomic E-state index is -5.00. The van der Waals surface area contributed by atoms with Gasteiger partial charge >= 0.3 is 18.4 Å². The van der Waals surface area contributed by atoms with Crippen LogP contribution in [0.3, 0.4) is 0 Å². The van der Waals surface area contributed by atoms with Crippen LogP contribution in [0.15, 0.2) is 48.5 Å². The van der Waals surface area contributed by atoms with E-state index in [9.17, 15) is 35.9 Å². The molecular formula is C25H25F6N3O4. The summed E-state index contributed by atoms with van der Waals surface area (Å²) in [5.74, 6) is -0.623. The Kier molecular flexibility index (Phi) is 8.00. The number of amides is 3. The number of rotatable bonds is 8. The molecular weight excluding hydrogens is 520 g/mol. The Bertz CT molecular complexity index is 1120. The second-order valence-corrected chi connectivity index (χ2v) is 9.02. The quantitative estimate of drug-likeness (QED) is 0.401. The topological polar surface area (TPSA) is 71.1 Å². The van der Waals surface area contributed by atoms with E-state index in [0.717, 1.165) is 4.90 Å². The third-order valence-corrected chi connectivity index (χ3v) is 6.42. The van der Waals surface area contributed by atoms with Crippen LogP contribution in [0.5, 0.6) is 0 Å². The number of nitrogens with zero attached hydrogens (tertiary/aromatic N) is 2. The molecule has 2 heterocycles. The van der Waals surface area contributed by atoms with Gasteiger partial charge in [-0.3, -0.25) is 14.6 Å². The maximum atomic E-state index is 13.5. The molecule has 0 bridgehead atoms. The van der Waals surface area contributed by atoms with Crippen LogP contribution in [0, 0.1) is 0 Å². The fraction of sp³-hybridized carbons (Fsp3) is 0.440. The number of nitrogens with one attached hydrogen (secondary N) is 1. The summed E-state index contributed by atoms with van der Waals surface area (Å²) in [6.45, 7) is 1.70. The zero-order valence-electron chi connectivity index (χ0n) is 20.1. The summed E-state index contributed by atoms with van der Waals surface area (Å²) in [6, 6.07) is 8.61. The Hall–Kier alpha value is -3.16. The number of alkyl halides is 6. The number of carbonyl (C=O) groups excluding carboxylic acids is 2. The second kappa shape index (κ2) is 10.9. The molecule has 13 heteroatoms. The molecule has 2 aliphatic heterocycles. The number of halogens is 6. The number of morpholine rings is 1. The Morgan fingerprint density at radius 3 is 2.08 bits per heavy atom. The number of benzene rings is 2. The van der Waals surface area contributed by atoms with Gasteiger partial charge in [-0.1, -0.05) is 30.3 Å². The fourth-order valence-electron chi connectivity index (χ4n) is 4.42. The maximum absolute atomic E-state index is 13.5. The summed E-state index contributed by atoms with van der Waals surface area (Å²) < 4.78 is 90.1. The zero-order chi connectivity index (χ0) is 27.6. The standard InChI is InChI=1S/C25H25F6N3O4/c26-24(27,28)19-12-17(13-20(14-19)25(29,30)31)15-38-16-23(18-4-2-1-3-5-18)21(35)34(22(36)32-23)7-6-33-8-10-37-11-9-33/h1-5,12-14H,6-11,15-16H2,(H,32,36). The molecule has 1 N–H and O–H groups in total. The van der Waals surface area contributed by atoms with Crippen molar-refractivity contribution in [3.8, 4) is 0 Å². The molecule has 3 amide bonds. The molecule has 0 radical (unpaired) electrons. The lowest BCUT2D eigenvalue weighted by Gasteiger charge is -2.29. The molecule has 2 saturated heterocycles. The summed E-state index contributed by atoms with van der Waals surface area (Å²) in [4.78, 5) is 29.5. The van der Waals surface area contributed by atoms with Gasteiger partial charge in [-0.05, 0) is 29.3 Å². The SMILES string of the molecule is O=C1NC(COCc2cc(C(F)(F)F)cc(C(F)(F)F)c2)(c2ccccc2)C(=O)N1CCN1CCOCC1. The van der Waals surface area contributed by atoms with Gasteiger partial charge in [-0.25, -0.2) is 4.79 Å². The van der Waals surface area contributed by atoms with Crippen molar-refractivity contribution in [2.24, 2.45) is 0 Å². The average molecular weight is 545 g/mol. The molecule has 1 atom stereocenters. The number of imide groups is 1. The van der Waals surface area contributed by atoms with Crippen LogP contribution in [0.4, 0.5) is 31.1 Å². The van der Waals surface area contributed by atoms with E-state index in [-0.39, 0.29) is 18.2 Å². The monoisotopic (exact) mass is 545 g/mol. The van der Waals surface area contributed by atoms with Crippen LogP contribution < -0.4 is 5.32 Å². The van der Waals surface area contributed by atoms with E-state index < -0.39 is 54.2 Å². The van der Waals surface area contributed by atoms with Crippen molar-refractivity contribution in [3.63, 3.8) is 0 Å². The van der Waals surface area contributed by atoms with Crippen LogP contribution >= 0.6 is 0 Å². The first-order valence-electron chi connectivity index (χ1n) is 11.8. The smallest absolute Gasteiger partial charge is 0.379 e. The lowest BCUT2D eigenvalue weighted by Crippen LogP contribution is -2.48. The highest BCUT2D eigenvalue weighted by molar-refractivity contribution is 6.07. The minimum Gasteiger partial charge on any atom is -0.379 e. The van der Waals surface area contributed by atoms with Gasteiger partial charge in [0.15, 0.2) is 5.54 Å². The summed E-state index contributed by atoms with van der Waals surface area (Å²) in [5.41, 5.74) is -4.65. The Labute approximate surface area is 214 Å². The van der Waals surface area contributed by atoms with Crippen molar-refractivity contribution >= 4 is 11.9 Å². The zero-order valence-corrected chi connectivity index (χ0v) is 20.1. The van der Waals surface area contributed by atoms with E-state index in [1.807, 2.05) is 4.90 Å². The summed E-state index contributed by atoms with van der Waals surface area (Å²) in [6.07, 6.45) is -10.0. The van der Waals surface area contributed by atoms with Crippen molar-refractivity contribution in [2.75, 3.05) is 46.0 Å². The maximum Gasteiger partial charge on any atom is 0.416 e. The number of ether oxygens (including phenoxy) is 2. The van der Waals surface area contributed by atoms with Crippen molar-refractivity contribution < 1.29 is 45.4 Å². The van der Waals surface area contributed by atoms with Crippen molar-refractivity contribution in [1.29, 1.82) is 0 Å². The first-order valence-corrected chi connectivity index (χ1v) is 11.8. The summed E-state index contributed by atoms with van der Waals surface area (Å²) in [7, 11) is 0. The average Bonchev–Trinajstić information content (AvgIpc) is 3.12. The molecule has 0 aliphatic carbocycles. The fourth-order valence-corrected chi connectivity index (χ4v) is 4.42. The molecule has 206 valence electrons. The highest BCUT2D eigenvalue weighted by atomic mass is 19.4. The van der Waals surface area contributed by atoms with Crippen molar-refractivity contribution in [1.82, 2.24) is 15.1 Å². The molecule has 7 nitrogen and oxygen atoms in total. The van der Waals surface area contributed by atoms with Gasteiger partial charge in [0, 0.05) is 26.2 Å². The third-order valence-electron chi connectivity index (χ3n) is 6.42. The van der Waals surface area contributed by atoms with E-state index in [1.54, 1.807) is 30.3 Å². The first kappa shape index (κ1) is 27.9. The molecule has 0 aromatic heterocycles. The van der Waals surface area contributed by atoms with Gasteiger partial charge in [0.2, 0.25) is 0 Å². The van der Waals surface area contributed by atoms with Crippen LogP contribution in [0.1, 0.15) is 22.3 Å². The Morgan fingerprint density at radius 2 is 1.50 bits per heavy atom. The van der Waals surface area contributed by atoms with Crippen molar-refractivity contribution in [2.45, 2.75) is 24.5 Å². The van der Waals surface area contributed by atoms with Crippen molar-refractivity contribution in [3.05, 3.63) is 70.8 Å². The lowest BCUT2D eigenvalue weighted by atomic mass is 9.90. The first-order chi connectivity index (χ1) is 17.9. The minimum absolute atomic E-state index is 0.0298. The molecule has 2 aromatic carbocycles. The van der Waals surface area contributed by atoms with Gasteiger partial charge in [0.1, 0.15) is 0 Å². The number of hydrogen-bond donors (Lipinski definition) is 1. The predicted octanol–water partition coefficient (Wildman–Crippen LogP) is 4.02. The second-order valence-electron chi connectivity index (χ2n) is 9.02. The number of carbonyl (C=O) groups is 2. The molecule has 2 aromatic rings. The van der Waals surface area contributed by atoms with E-state index in [0.29, 0.717) is 50.5 Å². The van der Waals surface area contributed by atoms with Gasteiger partial charge in [0.25, 0.3) is 5.91 Å². The van der Waals surface area contributed by atoms with Crippen LogP contribution in [-0.4, -0.2) is 67.7 Å². The summed E-state index contributed by atoms with van der Waals surface area (Å²) >= 11 is 0. The van der Waals surface area contributed by atoms with E-state index >= 15 is 0 Å². The largest absolute Gasteiger partial charge is 0.416 e. The highest BCUT2D eigenvalue weighted by Gasteiger charge is 2.52. The lowest BCUT2D eigenvalue weighted by molar-refractivity contribution is -0.143. The Balaban J connectivity index is 1.54. The molecule has 2 fully saturated rings. The predicted molar refractivity (Wildman–Crippen MR) is 122 cm³/mol. The van der Waals surface area contributed by atoms with Gasteiger partial charge < -0.3 is 14.8 Å². The summed E-state index contributed by atoms with van der Waals surface area (Å²) in [5, 5.41) is 2.64. The molecule has 1 unspecified atom stereocenters. The van der Waals surface area contributed by atoms with Crippen LogP contribution in [0.25, 0.3) is 0 Å². The van der Waals surface area contributed by atoms with Gasteiger partial charge in [-0.15, -0.1) is 0 Å². The van der Waals surface area contributed by atoms with Gasteiger partial charge in [0.05, 0.1) is 37.6 Å². The van der Waals surface area contributed by atoms with E-state index in [2.05, 4.69) is 5.32 Å². The molecule has 4 rings (SSSR count). The van der Waals surface area contributed by atoms with Crippen LogP contribution in [-0.2, 0) is 38.8 Å². The van der Waals surface area contributed by atoms with Crippen LogP contribution in [0.2, 0.25) is 0 Å². The Morgan fingerprint density at radius 1 is 0.895 bits per heavy atom. The van der Waals surface area contributed by atoms with E-state index in [4.69, 9.17) is 9.47 Å². The molecule has 0 spiro atoms. The third kappa shape index (κ3) is 6.11. The molecule has 0 saturated carbocycles. The normalized spacial score (nSPS) is 21.2. The highest BCUT2D eigenvalue weighted by Crippen LogP contribution is 2.37. The van der Waals surface area contributed by atoms with Gasteiger partial charge in [-0.2, -0.15) is 26.3 Å². The number of hydrogen-bond acceptors (Lipinski definition) is 5. The number of urea groups is 1.